The van der Waals surface area contributed by atoms with Gasteiger partial charge in [-0.15, -0.1) is 11.3 Å². The Morgan fingerprint density at radius 1 is 0.971 bits per heavy atom. The molecule has 0 aliphatic heterocycles. The summed E-state index contributed by atoms with van der Waals surface area (Å²) in [6.07, 6.45) is 3.53. The van der Waals surface area contributed by atoms with Crippen molar-refractivity contribution in [3.63, 3.8) is 0 Å². The molecule has 6 rings (SSSR count). The van der Waals surface area contributed by atoms with Crippen LogP contribution in [0.2, 0.25) is 0 Å². The van der Waals surface area contributed by atoms with Crippen LogP contribution in [0.15, 0.2) is 85.3 Å². The second kappa shape index (κ2) is 8.57. The van der Waals surface area contributed by atoms with Crippen LogP contribution in [-0.2, 0) is 6.61 Å². The first-order chi connectivity index (χ1) is 16.8. The van der Waals surface area contributed by atoms with Crippen molar-refractivity contribution in [2.24, 2.45) is 0 Å². The van der Waals surface area contributed by atoms with E-state index >= 15 is 0 Å². The van der Waals surface area contributed by atoms with E-state index in [1.807, 2.05) is 72.2 Å². The molecule has 4 heterocycles. The van der Waals surface area contributed by atoms with Gasteiger partial charge >= 0.3 is 0 Å². The van der Waals surface area contributed by atoms with Gasteiger partial charge in [0, 0.05) is 11.8 Å². The highest BCUT2D eigenvalue weighted by molar-refractivity contribution is 7.19. The Labute approximate surface area is 199 Å². The van der Waals surface area contributed by atoms with Crippen molar-refractivity contribution in [2.45, 2.75) is 13.5 Å². The molecule has 1 N–H and O–H groups in total. The highest BCUT2D eigenvalue weighted by Gasteiger charge is 2.23. The Kier molecular flexibility index (Phi) is 5.12. The molecule has 0 saturated heterocycles. The number of hydrogen-bond acceptors (Lipinski definition) is 6. The molecule has 0 spiro atoms. The summed E-state index contributed by atoms with van der Waals surface area (Å²) in [6, 6.07) is 24.1. The number of aryl methyl sites for hydroxylation is 1. The van der Waals surface area contributed by atoms with Crippen LogP contribution in [-0.4, -0.2) is 29.8 Å². The van der Waals surface area contributed by atoms with Gasteiger partial charge in [-0.25, -0.2) is 14.5 Å². The number of nitrogens with zero attached hydrogens (tertiary/aromatic N) is 5. The summed E-state index contributed by atoms with van der Waals surface area (Å²) in [5.74, 6) is 1.36. The van der Waals surface area contributed by atoms with E-state index in [1.165, 1.54) is 0 Å². The largest absolute Gasteiger partial charge is 0.488 e. The van der Waals surface area contributed by atoms with E-state index < -0.39 is 0 Å². The minimum absolute atomic E-state index is 0.470. The summed E-state index contributed by atoms with van der Waals surface area (Å²) < 4.78 is 8.13. The van der Waals surface area contributed by atoms with Crippen LogP contribution in [0.3, 0.4) is 0 Å². The summed E-state index contributed by atoms with van der Waals surface area (Å²) in [6.45, 7) is 2.48. The van der Waals surface area contributed by atoms with E-state index in [0.29, 0.717) is 12.4 Å². The number of benzene rings is 2. The molecule has 0 unspecified atom stereocenters. The van der Waals surface area contributed by atoms with Crippen LogP contribution in [0.4, 0.5) is 0 Å². The molecule has 7 nitrogen and oxygen atoms in total. The molecule has 0 radical (unpaired) electrons. The number of thiazole rings is 1. The first kappa shape index (κ1) is 20.3. The van der Waals surface area contributed by atoms with Crippen LogP contribution in [0.25, 0.3) is 38.0 Å². The first-order valence-corrected chi connectivity index (χ1v) is 11.7. The minimum atomic E-state index is 0.470. The molecular weight excluding hydrogens is 444 g/mol. The average molecular weight is 465 g/mol. The Hall–Kier alpha value is -4.30. The summed E-state index contributed by atoms with van der Waals surface area (Å²) >= 11 is 1.56. The number of aromatic nitrogens is 6. The van der Waals surface area contributed by atoms with Crippen molar-refractivity contribution >= 4 is 16.9 Å². The first-order valence-electron chi connectivity index (χ1n) is 10.9. The van der Waals surface area contributed by atoms with Gasteiger partial charge in [0.1, 0.15) is 28.6 Å². The maximum Gasteiger partial charge on any atom is 0.193 e. The second-order valence-electron chi connectivity index (χ2n) is 7.78. The maximum absolute atomic E-state index is 6.24. The topological polar surface area (TPSA) is 81.0 Å². The number of para-hydroxylation sites is 1. The standard InChI is InChI=1S/C26H20N6OS/c1-17-22(20-12-7-8-14-32(20)31-17)26-29-23(24(34-26)25-27-16-28-30-25)19-11-5-6-13-21(19)33-15-18-9-3-2-4-10-18/h2-14,16H,15H2,1H3,(H,27,28,30). The van der Waals surface area contributed by atoms with Gasteiger partial charge in [0.15, 0.2) is 5.82 Å². The molecule has 0 aliphatic rings. The van der Waals surface area contributed by atoms with Gasteiger partial charge in [-0.3, -0.25) is 5.10 Å². The quantitative estimate of drug-likeness (QED) is 0.337. The molecule has 4 aromatic heterocycles. The van der Waals surface area contributed by atoms with Crippen molar-refractivity contribution in [2.75, 3.05) is 0 Å². The summed E-state index contributed by atoms with van der Waals surface area (Å²) in [4.78, 5) is 10.4. The number of H-pyrrole nitrogens is 1. The predicted octanol–water partition coefficient (Wildman–Crippen LogP) is 5.80. The lowest BCUT2D eigenvalue weighted by Crippen LogP contribution is -1.97. The lowest BCUT2D eigenvalue weighted by molar-refractivity contribution is 0.307. The highest BCUT2D eigenvalue weighted by Crippen LogP contribution is 2.43. The Morgan fingerprint density at radius 2 is 1.79 bits per heavy atom. The number of aromatic amines is 1. The Balaban J connectivity index is 1.48. The van der Waals surface area contributed by atoms with Crippen molar-refractivity contribution in [3.8, 4) is 38.3 Å². The zero-order valence-electron chi connectivity index (χ0n) is 18.3. The van der Waals surface area contributed by atoms with E-state index in [2.05, 4.69) is 38.5 Å². The van der Waals surface area contributed by atoms with Crippen LogP contribution < -0.4 is 4.74 Å². The number of rotatable bonds is 6. The molecule has 0 atom stereocenters. The third-order valence-electron chi connectivity index (χ3n) is 5.55. The third kappa shape index (κ3) is 3.64. The van der Waals surface area contributed by atoms with Crippen molar-refractivity contribution in [3.05, 3.63) is 96.6 Å². The molecular formula is C26H20N6OS. The van der Waals surface area contributed by atoms with Crippen LogP contribution in [0, 0.1) is 6.92 Å². The zero-order valence-corrected chi connectivity index (χ0v) is 19.2. The Bertz CT molecular complexity index is 1570. The fraction of sp³-hybridized carbons (Fsp3) is 0.0769. The number of nitrogens with one attached hydrogen (secondary N) is 1. The minimum Gasteiger partial charge on any atom is -0.488 e. The summed E-state index contributed by atoms with van der Waals surface area (Å²) in [7, 11) is 0. The molecule has 0 saturated carbocycles. The number of pyridine rings is 1. The van der Waals surface area contributed by atoms with Crippen molar-refractivity contribution in [1.82, 2.24) is 29.8 Å². The van der Waals surface area contributed by atoms with Crippen LogP contribution >= 0.6 is 11.3 Å². The molecule has 0 aliphatic carbocycles. The molecule has 0 amide bonds. The highest BCUT2D eigenvalue weighted by atomic mass is 32.1. The zero-order chi connectivity index (χ0) is 22.9. The van der Waals surface area contributed by atoms with Gasteiger partial charge in [0.05, 0.1) is 22.5 Å². The fourth-order valence-corrected chi connectivity index (χ4v) is 5.11. The van der Waals surface area contributed by atoms with Gasteiger partial charge in [-0.1, -0.05) is 48.5 Å². The maximum atomic E-state index is 6.24. The van der Waals surface area contributed by atoms with E-state index in [9.17, 15) is 0 Å². The number of fused-ring (bicyclic) bond motifs is 1. The molecule has 0 fully saturated rings. The summed E-state index contributed by atoms with van der Waals surface area (Å²) in [5.41, 5.74) is 5.73. The van der Waals surface area contributed by atoms with E-state index in [4.69, 9.17) is 9.72 Å². The monoisotopic (exact) mass is 464 g/mol. The molecule has 2 aromatic carbocycles. The van der Waals surface area contributed by atoms with Crippen LogP contribution in [0.1, 0.15) is 11.3 Å². The molecule has 8 heteroatoms. The van der Waals surface area contributed by atoms with E-state index in [1.54, 1.807) is 17.7 Å². The van der Waals surface area contributed by atoms with Gasteiger partial charge < -0.3 is 4.74 Å². The lowest BCUT2D eigenvalue weighted by Gasteiger charge is -2.11. The average Bonchev–Trinajstić information content (AvgIpc) is 3.61. The van der Waals surface area contributed by atoms with E-state index in [-0.39, 0.29) is 0 Å². The van der Waals surface area contributed by atoms with Crippen molar-refractivity contribution < 1.29 is 4.74 Å². The van der Waals surface area contributed by atoms with E-state index in [0.717, 1.165) is 49.2 Å². The SMILES string of the molecule is Cc1nn2ccccc2c1-c1nc(-c2ccccc2OCc2ccccc2)c(-c2nc[nH]n2)s1. The second-order valence-corrected chi connectivity index (χ2v) is 8.78. The van der Waals surface area contributed by atoms with Crippen LogP contribution in [0.5, 0.6) is 5.75 Å². The van der Waals surface area contributed by atoms with Gasteiger partial charge in [0.25, 0.3) is 0 Å². The molecule has 166 valence electrons. The van der Waals surface area contributed by atoms with Crippen molar-refractivity contribution in [1.29, 1.82) is 0 Å². The predicted molar refractivity (Wildman–Crippen MR) is 133 cm³/mol. The fourth-order valence-electron chi connectivity index (χ4n) is 3.98. The number of ether oxygens (including phenoxy) is 1. The molecule has 0 bridgehead atoms. The Morgan fingerprint density at radius 3 is 2.65 bits per heavy atom. The normalized spacial score (nSPS) is 11.2. The smallest absolute Gasteiger partial charge is 0.193 e. The third-order valence-corrected chi connectivity index (χ3v) is 6.62. The molecule has 34 heavy (non-hydrogen) atoms. The van der Waals surface area contributed by atoms with Gasteiger partial charge in [-0.2, -0.15) is 10.2 Å². The lowest BCUT2D eigenvalue weighted by atomic mass is 10.1. The molecule has 6 aromatic rings. The summed E-state index contributed by atoms with van der Waals surface area (Å²) in [5, 5.41) is 12.7. The number of hydrogen-bond donors (Lipinski definition) is 1. The van der Waals surface area contributed by atoms with Gasteiger partial charge in [-0.05, 0) is 36.8 Å². The van der Waals surface area contributed by atoms with Gasteiger partial charge in [0.2, 0.25) is 0 Å².